The van der Waals surface area contributed by atoms with Crippen molar-refractivity contribution in [2.45, 2.75) is 32.7 Å². The second kappa shape index (κ2) is 8.96. The number of nitrogens with zero attached hydrogens (tertiary/aromatic N) is 2. The van der Waals surface area contributed by atoms with Crippen LogP contribution in [0.5, 0.6) is 0 Å². The number of hydrogen-bond acceptors (Lipinski definition) is 3. The summed E-state index contributed by atoms with van der Waals surface area (Å²) in [6.45, 7) is 2.71. The highest BCUT2D eigenvalue weighted by molar-refractivity contribution is 5.96. The molecule has 0 saturated heterocycles. The topological polar surface area (TPSA) is 72.2 Å². The molecule has 0 aliphatic heterocycles. The monoisotopic (exact) mass is 412 g/mol. The molecule has 4 rings (SSSR count). The maximum Gasteiger partial charge on any atom is 0.336 e. The first-order valence-electron chi connectivity index (χ1n) is 10.5. The van der Waals surface area contributed by atoms with Crippen molar-refractivity contribution >= 4 is 16.9 Å². The Hall–Kier alpha value is -3.73. The van der Waals surface area contributed by atoms with E-state index in [0.717, 1.165) is 41.7 Å². The van der Waals surface area contributed by atoms with Crippen LogP contribution in [0.2, 0.25) is 0 Å². The number of unbranched alkanes of at least 4 members (excludes halogenated alkanes) is 1. The summed E-state index contributed by atoms with van der Waals surface area (Å²) in [6.07, 6.45) is 2.75. The minimum Gasteiger partial charge on any atom is -0.478 e. The number of carbonyl (C=O) groups is 1. The Kier molecular flexibility index (Phi) is 5.94. The number of aryl methyl sites for hydroxylation is 1. The molecule has 0 fully saturated rings. The summed E-state index contributed by atoms with van der Waals surface area (Å²) < 4.78 is 2.12. The molecular formula is C26H24N2O3. The Balaban J connectivity index is 1.72. The molecule has 0 amide bonds. The average Bonchev–Trinajstić information content (AvgIpc) is 2.80. The van der Waals surface area contributed by atoms with Crippen LogP contribution in [-0.4, -0.2) is 20.6 Å². The Morgan fingerprint density at radius 3 is 2.42 bits per heavy atom. The first-order chi connectivity index (χ1) is 15.1. The van der Waals surface area contributed by atoms with Crippen molar-refractivity contribution in [3.05, 3.63) is 100 Å². The van der Waals surface area contributed by atoms with Crippen LogP contribution < -0.4 is 5.56 Å². The van der Waals surface area contributed by atoms with Gasteiger partial charge in [-0.05, 0) is 41.3 Å². The number of benzene rings is 3. The van der Waals surface area contributed by atoms with E-state index >= 15 is 0 Å². The molecule has 0 saturated carbocycles. The zero-order valence-corrected chi connectivity index (χ0v) is 17.4. The highest BCUT2D eigenvalue weighted by atomic mass is 16.4. The van der Waals surface area contributed by atoms with Gasteiger partial charge in [0.15, 0.2) is 0 Å². The first-order valence-corrected chi connectivity index (χ1v) is 10.5. The lowest BCUT2D eigenvalue weighted by Gasteiger charge is -2.16. The molecule has 1 aromatic heterocycles. The van der Waals surface area contributed by atoms with Crippen LogP contribution in [0.1, 0.15) is 41.5 Å². The number of aromatic carboxylic acids is 1. The molecule has 0 aliphatic rings. The van der Waals surface area contributed by atoms with Crippen LogP contribution >= 0.6 is 0 Å². The van der Waals surface area contributed by atoms with E-state index in [2.05, 4.69) is 16.5 Å². The van der Waals surface area contributed by atoms with Crippen molar-refractivity contribution in [1.82, 2.24) is 9.55 Å². The fourth-order valence-electron chi connectivity index (χ4n) is 3.86. The van der Waals surface area contributed by atoms with Crippen LogP contribution in [0.3, 0.4) is 0 Å². The number of hydrogen-bond donors (Lipinski definition) is 1. The van der Waals surface area contributed by atoms with E-state index in [1.807, 2.05) is 60.7 Å². The second-order valence-electron chi connectivity index (χ2n) is 7.59. The van der Waals surface area contributed by atoms with E-state index < -0.39 is 5.97 Å². The fraction of sp³-hybridized carbons (Fsp3) is 0.192. The summed E-state index contributed by atoms with van der Waals surface area (Å²) in [5.41, 5.74) is 3.60. The van der Waals surface area contributed by atoms with Crippen molar-refractivity contribution in [1.29, 1.82) is 0 Å². The molecule has 5 nitrogen and oxygen atoms in total. The van der Waals surface area contributed by atoms with Gasteiger partial charge >= 0.3 is 5.97 Å². The summed E-state index contributed by atoms with van der Waals surface area (Å²) in [4.78, 5) is 28.4. The summed E-state index contributed by atoms with van der Waals surface area (Å²) in [7, 11) is 0. The number of carboxylic acids is 1. The van der Waals surface area contributed by atoms with Crippen LogP contribution in [0.4, 0.5) is 0 Å². The lowest BCUT2D eigenvalue weighted by molar-refractivity contribution is 0.0697. The predicted octanol–water partition coefficient (Wildman–Crippen LogP) is 5.15. The maximum atomic E-state index is 12.5. The molecule has 0 unspecified atom stereocenters. The van der Waals surface area contributed by atoms with Crippen molar-refractivity contribution in [2.75, 3.05) is 0 Å². The Morgan fingerprint density at radius 1 is 0.968 bits per heavy atom. The van der Waals surface area contributed by atoms with Crippen LogP contribution in [0.15, 0.2) is 77.6 Å². The molecule has 0 spiro atoms. The number of aromatic nitrogens is 2. The number of para-hydroxylation sites is 1. The van der Waals surface area contributed by atoms with Gasteiger partial charge in [-0.2, -0.15) is 4.98 Å². The minimum atomic E-state index is -0.939. The lowest BCUT2D eigenvalue weighted by atomic mass is 9.98. The molecule has 156 valence electrons. The van der Waals surface area contributed by atoms with E-state index in [0.29, 0.717) is 17.5 Å². The smallest absolute Gasteiger partial charge is 0.336 e. The third kappa shape index (κ3) is 4.26. The quantitative estimate of drug-likeness (QED) is 0.455. The summed E-state index contributed by atoms with van der Waals surface area (Å²) in [5.74, 6) is -0.142. The molecule has 0 radical (unpaired) electrons. The summed E-state index contributed by atoms with van der Waals surface area (Å²) in [6, 6.07) is 22.5. The van der Waals surface area contributed by atoms with Gasteiger partial charge in [0.05, 0.1) is 16.5 Å². The van der Waals surface area contributed by atoms with E-state index in [1.165, 1.54) is 0 Å². The first kappa shape index (κ1) is 20.5. The van der Waals surface area contributed by atoms with E-state index in [9.17, 15) is 14.7 Å². The highest BCUT2D eigenvalue weighted by Gasteiger charge is 2.13. The van der Waals surface area contributed by atoms with Crippen molar-refractivity contribution in [3.63, 3.8) is 0 Å². The summed E-state index contributed by atoms with van der Waals surface area (Å²) in [5, 5.41) is 10.1. The van der Waals surface area contributed by atoms with Gasteiger partial charge in [-0.25, -0.2) is 4.79 Å². The Bertz CT molecular complexity index is 1290. The number of fused-ring (bicyclic) bond motifs is 1. The van der Waals surface area contributed by atoms with Gasteiger partial charge in [0.25, 0.3) is 5.56 Å². The fourth-order valence-corrected chi connectivity index (χ4v) is 3.86. The van der Waals surface area contributed by atoms with Crippen molar-refractivity contribution < 1.29 is 9.90 Å². The SMILES string of the molecule is CCCCc1nc(=O)c2ccccc2n1Cc1ccc(-c2ccccc2C(=O)O)cc1. The average molecular weight is 412 g/mol. The van der Waals surface area contributed by atoms with Crippen LogP contribution in [-0.2, 0) is 13.0 Å². The van der Waals surface area contributed by atoms with Gasteiger partial charge in [0.1, 0.15) is 5.82 Å². The van der Waals surface area contributed by atoms with Gasteiger partial charge in [0.2, 0.25) is 0 Å². The van der Waals surface area contributed by atoms with Crippen molar-refractivity contribution in [2.24, 2.45) is 0 Å². The Labute approximate surface area is 180 Å². The van der Waals surface area contributed by atoms with Crippen LogP contribution in [0.25, 0.3) is 22.0 Å². The van der Waals surface area contributed by atoms with Crippen molar-refractivity contribution in [3.8, 4) is 11.1 Å². The molecular weight excluding hydrogens is 388 g/mol. The number of rotatable bonds is 7. The molecule has 31 heavy (non-hydrogen) atoms. The van der Waals surface area contributed by atoms with Gasteiger partial charge in [-0.15, -0.1) is 0 Å². The molecule has 5 heteroatoms. The van der Waals surface area contributed by atoms with Gasteiger partial charge in [-0.3, -0.25) is 4.79 Å². The second-order valence-corrected chi connectivity index (χ2v) is 7.59. The third-order valence-corrected chi connectivity index (χ3v) is 5.48. The zero-order chi connectivity index (χ0) is 21.8. The molecule has 0 aliphatic carbocycles. The van der Waals surface area contributed by atoms with Gasteiger partial charge in [-0.1, -0.05) is 67.9 Å². The minimum absolute atomic E-state index is 0.182. The zero-order valence-electron chi connectivity index (χ0n) is 17.4. The van der Waals surface area contributed by atoms with E-state index in [4.69, 9.17) is 0 Å². The highest BCUT2D eigenvalue weighted by Crippen LogP contribution is 2.25. The normalized spacial score (nSPS) is 11.0. The lowest BCUT2D eigenvalue weighted by Crippen LogP contribution is -2.19. The third-order valence-electron chi connectivity index (χ3n) is 5.48. The molecule has 1 heterocycles. The number of carboxylic acid groups (broad SMARTS) is 1. The molecule has 1 N–H and O–H groups in total. The van der Waals surface area contributed by atoms with E-state index in [1.54, 1.807) is 12.1 Å². The largest absolute Gasteiger partial charge is 0.478 e. The van der Waals surface area contributed by atoms with E-state index in [-0.39, 0.29) is 11.1 Å². The summed E-state index contributed by atoms with van der Waals surface area (Å²) >= 11 is 0. The maximum absolute atomic E-state index is 12.5. The molecule has 0 bridgehead atoms. The predicted molar refractivity (Wildman–Crippen MR) is 123 cm³/mol. The van der Waals surface area contributed by atoms with Gasteiger partial charge in [0, 0.05) is 13.0 Å². The molecule has 0 atom stereocenters. The standard InChI is InChI=1S/C26H24N2O3/c1-2-3-12-24-27-25(29)22-10-6-7-11-23(22)28(24)17-18-13-15-19(16-14-18)20-8-4-5-9-21(20)26(30)31/h4-11,13-16H,2-3,12,17H2,1H3,(H,30,31). The molecule has 4 aromatic rings. The Morgan fingerprint density at radius 2 is 1.68 bits per heavy atom. The molecule has 3 aromatic carbocycles. The van der Waals surface area contributed by atoms with Gasteiger partial charge < -0.3 is 9.67 Å². The van der Waals surface area contributed by atoms with Crippen LogP contribution in [0, 0.1) is 0 Å².